The molecule has 0 heterocycles. The third-order valence-corrected chi connectivity index (χ3v) is 3.00. The van der Waals surface area contributed by atoms with E-state index in [1.54, 1.807) is 0 Å². The lowest BCUT2D eigenvalue weighted by atomic mass is 10.2. The highest BCUT2D eigenvalue weighted by Crippen LogP contribution is 2.20. The Hall–Kier alpha value is -2.53. The zero-order valence-corrected chi connectivity index (χ0v) is 12.0. The molecule has 0 radical (unpaired) electrons. The van der Waals surface area contributed by atoms with Crippen molar-refractivity contribution in [3.63, 3.8) is 0 Å². The molecule has 2 aromatic rings. The van der Waals surface area contributed by atoms with Crippen molar-refractivity contribution in [2.24, 2.45) is 21.7 Å². The quantitative estimate of drug-likeness (QED) is 0.505. The molecule has 0 fully saturated rings. The molecule has 0 aliphatic carbocycles. The maximum atomic E-state index is 6.10. The lowest BCUT2D eigenvalue weighted by Gasteiger charge is -2.09. The number of guanidine groups is 1. The molecular formula is C15H15ClN4O. The van der Waals surface area contributed by atoms with Crippen molar-refractivity contribution in [1.29, 1.82) is 0 Å². The number of nitrogens with two attached hydrogens (primary N) is 2. The number of para-hydroxylation sites is 1. The molecule has 2 rings (SSSR count). The van der Waals surface area contributed by atoms with Crippen LogP contribution < -0.4 is 16.2 Å². The fourth-order valence-corrected chi connectivity index (χ4v) is 1.84. The van der Waals surface area contributed by atoms with E-state index in [1.165, 1.54) is 6.21 Å². The summed E-state index contributed by atoms with van der Waals surface area (Å²) in [6.07, 6.45) is 1.53. The number of benzene rings is 2. The summed E-state index contributed by atoms with van der Waals surface area (Å²) in [5.74, 6) is 0.577. The number of halogens is 1. The number of nitrogens with zero attached hydrogens (tertiary/aromatic N) is 2. The predicted molar refractivity (Wildman–Crippen MR) is 85.6 cm³/mol. The van der Waals surface area contributed by atoms with E-state index in [0.717, 1.165) is 11.1 Å². The summed E-state index contributed by atoms with van der Waals surface area (Å²) >= 11 is 6.10. The summed E-state index contributed by atoms with van der Waals surface area (Å²) in [5, 5.41) is 8.01. The zero-order valence-electron chi connectivity index (χ0n) is 11.2. The predicted octanol–water partition coefficient (Wildman–Crippen LogP) is 2.53. The van der Waals surface area contributed by atoms with Crippen molar-refractivity contribution in [2.45, 2.75) is 6.61 Å². The minimum Gasteiger partial charge on any atom is -0.488 e. The molecule has 0 aliphatic rings. The molecule has 0 amide bonds. The minimum atomic E-state index is -0.0966. The fraction of sp³-hybridized carbons (Fsp3) is 0.0667. The van der Waals surface area contributed by atoms with Crippen LogP contribution in [0.3, 0.4) is 0 Å². The van der Waals surface area contributed by atoms with Crippen molar-refractivity contribution >= 4 is 23.8 Å². The molecule has 0 unspecified atom stereocenters. The summed E-state index contributed by atoms with van der Waals surface area (Å²) in [6, 6.07) is 15.0. The van der Waals surface area contributed by atoms with Crippen LogP contribution in [-0.4, -0.2) is 12.2 Å². The maximum absolute atomic E-state index is 6.10. The molecule has 0 spiro atoms. The smallest absolute Gasteiger partial charge is 0.211 e. The van der Waals surface area contributed by atoms with Crippen LogP contribution in [0.5, 0.6) is 5.75 Å². The van der Waals surface area contributed by atoms with Gasteiger partial charge < -0.3 is 16.2 Å². The van der Waals surface area contributed by atoms with Crippen LogP contribution in [0.15, 0.2) is 58.7 Å². The van der Waals surface area contributed by atoms with Gasteiger partial charge in [-0.1, -0.05) is 41.9 Å². The van der Waals surface area contributed by atoms with Crippen LogP contribution in [0.4, 0.5) is 0 Å². The molecule has 0 bridgehead atoms. The first-order valence-corrected chi connectivity index (χ1v) is 6.62. The monoisotopic (exact) mass is 302 g/mol. The van der Waals surface area contributed by atoms with Crippen LogP contribution in [-0.2, 0) is 6.61 Å². The number of hydrogen-bond donors (Lipinski definition) is 2. The number of ether oxygens (including phenoxy) is 1. The van der Waals surface area contributed by atoms with Gasteiger partial charge in [0.2, 0.25) is 5.96 Å². The third kappa shape index (κ3) is 4.50. The van der Waals surface area contributed by atoms with Crippen molar-refractivity contribution in [3.8, 4) is 5.75 Å². The molecule has 2 aromatic carbocycles. The zero-order chi connectivity index (χ0) is 15.1. The molecule has 6 heteroatoms. The number of rotatable bonds is 5. The topological polar surface area (TPSA) is 86.0 Å². The molecule has 0 saturated carbocycles. The van der Waals surface area contributed by atoms with Crippen LogP contribution in [0.1, 0.15) is 11.1 Å². The lowest BCUT2D eigenvalue weighted by Crippen LogP contribution is -2.21. The molecule has 108 valence electrons. The molecule has 0 atom stereocenters. The van der Waals surface area contributed by atoms with E-state index < -0.39 is 0 Å². The van der Waals surface area contributed by atoms with Crippen molar-refractivity contribution < 1.29 is 4.74 Å². The molecule has 0 aliphatic heterocycles. The Balaban J connectivity index is 2.12. The van der Waals surface area contributed by atoms with Gasteiger partial charge in [0.25, 0.3) is 0 Å². The van der Waals surface area contributed by atoms with Gasteiger partial charge in [-0.05, 0) is 18.2 Å². The van der Waals surface area contributed by atoms with Gasteiger partial charge >= 0.3 is 0 Å². The van der Waals surface area contributed by atoms with Crippen LogP contribution in [0, 0.1) is 0 Å². The van der Waals surface area contributed by atoms with Crippen molar-refractivity contribution in [1.82, 2.24) is 0 Å². The molecule has 21 heavy (non-hydrogen) atoms. The second-order valence-electron chi connectivity index (χ2n) is 4.19. The van der Waals surface area contributed by atoms with Gasteiger partial charge in [0, 0.05) is 16.1 Å². The number of hydrogen-bond acceptors (Lipinski definition) is 3. The first-order valence-electron chi connectivity index (χ1n) is 6.24. The van der Waals surface area contributed by atoms with Gasteiger partial charge in [0.15, 0.2) is 0 Å². The Morgan fingerprint density at radius 3 is 2.57 bits per heavy atom. The van der Waals surface area contributed by atoms with Gasteiger partial charge in [-0.3, -0.25) is 0 Å². The second-order valence-corrected chi connectivity index (χ2v) is 4.59. The van der Waals surface area contributed by atoms with Gasteiger partial charge in [-0.25, -0.2) is 0 Å². The Morgan fingerprint density at radius 2 is 1.81 bits per heavy atom. The maximum Gasteiger partial charge on any atom is 0.211 e. The van der Waals surface area contributed by atoms with Gasteiger partial charge in [-0.15, -0.1) is 5.10 Å². The Bertz CT molecular complexity index is 666. The van der Waals surface area contributed by atoms with E-state index >= 15 is 0 Å². The van der Waals surface area contributed by atoms with Crippen LogP contribution >= 0.6 is 11.6 Å². The Morgan fingerprint density at radius 1 is 1.10 bits per heavy atom. The third-order valence-electron chi connectivity index (χ3n) is 2.63. The molecule has 0 aromatic heterocycles. The average Bonchev–Trinajstić information content (AvgIpc) is 2.47. The van der Waals surface area contributed by atoms with Crippen molar-refractivity contribution in [3.05, 3.63) is 64.7 Å². The Kier molecular flexibility index (Phi) is 5.17. The molecule has 0 saturated heterocycles. The van der Waals surface area contributed by atoms with Gasteiger partial charge in [0.1, 0.15) is 12.4 Å². The minimum absolute atomic E-state index is 0.0966. The van der Waals surface area contributed by atoms with Crippen LogP contribution in [0.2, 0.25) is 5.02 Å². The molecule has 4 N–H and O–H groups in total. The average molecular weight is 303 g/mol. The fourth-order valence-electron chi connectivity index (χ4n) is 1.65. The standard InChI is InChI=1S/C15H15ClN4O/c16-13-7-3-1-6-12(13)10-21-14-8-4-2-5-11(14)9-19-20-15(17)18/h1-9H,10H2,(H4,17,18,20)/b19-9-. The Labute approximate surface area is 127 Å². The van der Waals surface area contributed by atoms with E-state index in [9.17, 15) is 0 Å². The SMILES string of the molecule is NC(N)=N/N=C\c1ccccc1OCc1ccccc1Cl. The molecule has 5 nitrogen and oxygen atoms in total. The largest absolute Gasteiger partial charge is 0.488 e. The van der Waals surface area contributed by atoms with E-state index in [4.69, 9.17) is 27.8 Å². The van der Waals surface area contributed by atoms with Gasteiger partial charge in [0.05, 0.1) is 6.21 Å². The van der Waals surface area contributed by atoms with Gasteiger partial charge in [-0.2, -0.15) is 5.10 Å². The lowest BCUT2D eigenvalue weighted by molar-refractivity contribution is 0.306. The highest BCUT2D eigenvalue weighted by Gasteiger charge is 2.03. The summed E-state index contributed by atoms with van der Waals surface area (Å²) in [4.78, 5) is 0. The first-order chi connectivity index (χ1) is 10.2. The summed E-state index contributed by atoms with van der Waals surface area (Å²) in [7, 11) is 0. The van der Waals surface area contributed by atoms with E-state index in [0.29, 0.717) is 17.4 Å². The van der Waals surface area contributed by atoms with E-state index in [-0.39, 0.29) is 5.96 Å². The molecular weight excluding hydrogens is 288 g/mol. The summed E-state index contributed by atoms with van der Waals surface area (Å²) < 4.78 is 5.77. The normalized spacial score (nSPS) is 10.5. The first kappa shape index (κ1) is 14.9. The highest BCUT2D eigenvalue weighted by atomic mass is 35.5. The van der Waals surface area contributed by atoms with E-state index in [1.807, 2.05) is 48.5 Å². The van der Waals surface area contributed by atoms with Crippen molar-refractivity contribution in [2.75, 3.05) is 0 Å². The summed E-state index contributed by atoms with van der Waals surface area (Å²) in [5.41, 5.74) is 12.1. The second kappa shape index (κ2) is 7.31. The van der Waals surface area contributed by atoms with E-state index in [2.05, 4.69) is 10.2 Å². The van der Waals surface area contributed by atoms with Crippen LogP contribution in [0.25, 0.3) is 0 Å². The highest BCUT2D eigenvalue weighted by molar-refractivity contribution is 6.31. The summed E-state index contributed by atoms with van der Waals surface area (Å²) in [6.45, 7) is 0.368.